The van der Waals surface area contributed by atoms with Gasteiger partial charge in [0.15, 0.2) is 9.84 Å². The van der Waals surface area contributed by atoms with Crippen molar-refractivity contribution in [2.24, 2.45) is 5.92 Å². The molecule has 0 heterocycles. The molecule has 66 valence electrons. The van der Waals surface area contributed by atoms with Gasteiger partial charge in [0.25, 0.3) is 0 Å². The highest BCUT2D eigenvalue weighted by Crippen LogP contribution is 2.04. The zero-order valence-electron chi connectivity index (χ0n) is 7.53. The molecule has 0 atom stereocenters. The van der Waals surface area contributed by atoms with Crippen LogP contribution in [-0.2, 0) is 9.84 Å². The molecular formula is C8H16O2S. The summed E-state index contributed by atoms with van der Waals surface area (Å²) in [7, 11) is -2.97. The Morgan fingerprint density at radius 3 is 1.82 bits per heavy atom. The van der Waals surface area contributed by atoms with Crippen LogP contribution in [0.25, 0.3) is 0 Å². The Bertz CT molecular complexity index is 222. The fraction of sp³-hybridized carbons (Fsp3) is 0.750. The summed E-state index contributed by atoms with van der Waals surface area (Å²) in [5.41, 5.74) is 0. The summed E-state index contributed by atoms with van der Waals surface area (Å²) in [6.45, 7) is 7.26. The van der Waals surface area contributed by atoms with Gasteiger partial charge in [-0.25, -0.2) is 8.42 Å². The number of sulfone groups is 1. The van der Waals surface area contributed by atoms with Gasteiger partial charge in [-0.3, -0.25) is 0 Å². The van der Waals surface area contributed by atoms with Gasteiger partial charge in [0, 0.05) is 5.41 Å². The van der Waals surface area contributed by atoms with Gasteiger partial charge in [-0.2, -0.15) is 0 Å². The van der Waals surface area contributed by atoms with Crippen LogP contribution in [-0.4, -0.2) is 13.7 Å². The van der Waals surface area contributed by atoms with E-state index in [0.717, 1.165) is 0 Å². The van der Waals surface area contributed by atoms with Gasteiger partial charge in [0.05, 0.1) is 5.25 Å². The van der Waals surface area contributed by atoms with Crippen molar-refractivity contribution in [2.75, 3.05) is 0 Å². The van der Waals surface area contributed by atoms with Crippen LogP contribution in [0.2, 0.25) is 0 Å². The van der Waals surface area contributed by atoms with Crippen molar-refractivity contribution in [1.29, 1.82) is 0 Å². The van der Waals surface area contributed by atoms with E-state index in [1.165, 1.54) is 5.41 Å². The molecule has 2 nitrogen and oxygen atoms in total. The van der Waals surface area contributed by atoms with E-state index in [-0.39, 0.29) is 5.25 Å². The lowest BCUT2D eigenvalue weighted by atomic mass is 10.2. The van der Waals surface area contributed by atoms with Crippen molar-refractivity contribution in [3.05, 3.63) is 11.5 Å². The Hall–Kier alpha value is -0.310. The van der Waals surface area contributed by atoms with Crippen molar-refractivity contribution in [2.45, 2.75) is 32.9 Å². The highest BCUT2D eigenvalue weighted by molar-refractivity contribution is 7.94. The Morgan fingerprint density at radius 2 is 1.55 bits per heavy atom. The number of allylic oxidation sites excluding steroid dienone is 1. The van der Waals surface area contributed by atoms with E-state index >= 15 is 0 Å². The molecule has 0 aromatic heterocycles. The molecule has 0 aliphatic carbocycles. The molecule has 0 N–H and O–H groups in total. The van der Waals surface area contributed by atoms with Crippen LogP contribution in [0.15, 0.2) is 11.5 Å². The smallest absolute Gasteiger partial charge is 0.173 e. The zero-order valence-corrected chi connectivity index (χ0v) is 8.35. The van der Waals surface area contributed by atoms with Crippen LogP contribution in [0.3, 0.4) is 0 Å². The maximum atomic E-state index is 11.1. The summed E-state index contributed by atoms with van der Waals surface area (Å²) in [6, 6.07) is 0. The Morgan fingerprint density at radius 1 is 1.09 bits per heavy atom. The van der Waals surface area contributed by atoms with Crippen molar-refractivity contribution in [3.63, 3.8) is 0 Å². The first-order valence-corrected chi connectivity index (χ1v) is 5.39. The predicted molar refractivity (Wildman–Crippen MR) is 48.0 cm³/mol. The largest absolute Gasteiger partial charge is 0.224 e. The second kappa shape index (κ2) is 3.90. The highest BCUT2D eigenvalue weighted by atomic mass is 32.2. The van der Waals surface area contributed by atoms with Crippen molar-refractivity contribution < 1.29 is 8.42 Å². The molecule has 11 heavy (non-hydrogen) atoms. The lowest BCUT2D eigenvalue weighted by Crippen LogP contribution is -2.10. The molecule has 0 amide bonds. The molecule has 0 unspecified atom stereocenters. The minimum atomic E-state index is -2.97. The number of hydrogen-bond donors (Lipinski definition) is 0. The number of rotatable bonds is 3. The molecule has 0 aromatic rings. The quantitative estimate of drug-likeness (QED) is 0.659. The first-order valence-electron chi connectivity index (χ1n) is 3.78. The summed E-state index contributed by atoms with van der Waals surface area (Å²) in [5, 5.41) is 1.000. The van der Waals surface area contributed by atoms with E-state index < -0.39 is 9.84 Å². The second-order valence-electron chi connectivity index (χ2n) is 3.21. The van der Waals surface area contributed by atoms with E-state index in [2.05, 4.69) is 0 Å². The summed E-state index contributed by atoms with van der Waals surface area (Å²) >= 11 is 0. The molecule has 0 aliphatic rings. The van der Waals surface area contributed by atoms with Gasteiger partial charge in [0.1, 0.15) is 0 Å². The molecule has 0 aromatic carbocycles. The summed E-state index contributed by atoms with van der Waals surface area (Å²) in [5.74, 6) is 0.295. The van der Waals surface area contributed by atoms with E-state index in [4.69, 9.17) is 0 Å². The zero-order chi connectivity index (χ0) is 9.07. The maximum Gasteiger partial charge on any atom is 0.173 e. The fourth-order valence-electron chi connectivity index (χ4n) is 0.424. The third-order valence-electron chi connectivity index (χ3n) is 1.31. The van der Waals surface area contributed by atoms with E-state index in [9.17, 15) is 8.42 Å². The lowest BCUT2D eigenvalue weighted by Gasteiger charge is -2.01. The average molecular weight is 176 g/mol. The van der Waals surface area contributed by atoms with E-state index in [1.54, 1.807) is 19.9 Å². The van der Waals surface area contributed by atoms with Crippen LogP contribution in [0.1, 0.15) is 27.7 Å². The van der Waals surface area contributed by atoms with Crippen LogP contribution in [0.5, 0.6) is 0 Å². The molecule has 0 spiro atoms. The van der Waals surface area contributed by atoms with E-state index in [0.29, 0.717) is 5.92 Å². The molecule has 3 heteroatoms. The minimum Gasteiger partial charge on any atom is -0.224 e. The first-order chi connectivity index (χ1) is 4.86. The normalized spacial score (nSPS) is 13.6. The summed E-state index contributed by atoms with van der Waals surface area (Å²) < 4.78 is 22.3. The van der Waals surface area contributed by atoms with Gasteiger partial charge < -0.3 is 0 Å². The summed E-state index contributed by atoms with van der Waals surface area (Å²) in [4.78, 5) is 0. The predicted octanol–water partition coefficient (Wildman–Crippen LogP) is 1.98. The third-order valence-corrected chi connectivity index (χ3v) is 3.16. The van der Waals surface area contributed by atoms with Crippen molar-refractivity contribution >= 4 is 9.84 Å². The molecule has 0 rings (SSSR count). The van der Waals surface area contributed by atoms with Gasteiger partial charge in [0.2, 0.25) is 0 Å². The van der Waals surface area contributed by atoms with Crippen LogP contribution in [0.4, 0.5) is 0 Å². The Kier molecular flexibility index (Phi) is 3.79. The van der Waals surface area contributed by atoms with E-state index in [1.807, 2.05) is 13.8 Å². The molecule has 0 bridgehead atoms. The Labute approximate surface area is 69.2 Å². The molecule has 0 aliphatic heterocycles. The maximum absolute atomic E-state index is 11.1. The van der Waals surface area contributed by atoms with Gasteiger partial charge in [-0.15, -0.1) is 0 Å². The standard InChI is InChI=1S/C8H16O2S/c1-7(2)5-6-11(9,10)8(3)4/h5-8H,1-4H3/b6-5+. The van der Waals surface area contributed by atoms with Gasteiger partial charge in [-0.05, 0) is 19.8 Å². The van der Waals surface area contributed by atoms with Crippen LogP contribution < -0.4 is 0 Å². The summed E-state index contributed by atoms with van der Waals surface area (Å²) in [6.07, 6.45) is 1.70. The third kappa shape index (κ3) is 4.19. The second-order valence-corrected chi connectivity index (χ2v) is 5.60. The SMILES string of the molecule is CC(C)/C=C/S(=O)(=O)C(C)C. The molecule has 0 radical (unpaired) electrons. The molecule has 0 saturated carbocycles. The van der Waals surface area contributed by atoms with Crippen LogP contribution in [0, 0.1) is 5.92 Å². The molecular weight excluding hydrogens is 160 g/mol. The average Bonchev–Trinajstić information content (AvgIpc) is 1.84. The minimum absolute atomic E-state index is 0.295. The topological polar surface area (TPSA) is 34.1 Å². The van der Waals surface area contributed by atoms with Crippen molar-refractivity contribution in [1.82, 2.24) is 0 Å². The monoisotopic (exact) mass is 176 g/mol. The van der Waals surface area contributed by atoms with Crippen LogP contribution >= 0.6 is 0 Å². The number of hydrogen-bond acceptors (Lipinski definition) is 2. The molecule has 0 saturated heterocycles. The molecule has 0 fully saturated rings. The van der Waals surface area contributed by atoms with Gasteiger partial charge in [-0.1, -0.05) is 19.9 Å². The van der Waals surface area contributed by atoms with Gasteiger partial charge >= 0.3 is 0 Å². The fourth-order valence-corrected chi connectivity index (χ4v) is 1.27. The first kappa shape index (κ1) is 10.7. The Balaban J connectivity index is 4.38. The lowest BCUT2D eigenvalue weighted by molar-refractivity contribution is 0.596. The highest BCUT2D eigenvalue weighted by Gasteiger charge is 2.10. The van der Waals surface area contributed by atoms with Crippen molar-refractivity contribution in [3.8, 4) is 0 Å².